The molecular formula is C16H21N3O3S. The number of hydrogen-bond donors (Lipinski definition) is 2. The molecule has 2 aromatic rings. The van der Waals surface area contributed by atoms with Crippen LogP contribution in [0.5, 0.6) is 0 Å². The van der Waals surface area contributed by atoms with Gasteiger partial charge in [0.15, 0.2) is 4.96 Å². The first-order valence-electron chi connectivity index (χ1n) is 7.90. The van der Waals surface area contributed by atoms with E-state index in [-0.39, 0.29) is 17.7 Å². The topological polar surface area (TPSA) is 83.7 Å². The van der Waals surface area contributed by atoms with Crippen LogP contribution in [0.3, 0.4) is 0 Å². The van der Waals surface area contributed by atoms with Gasteiger partial charge in [-0.05, 0) is 26.7 Å². The fourth-order valence-electron chi connectivity index (χ4n) is 3.06. The van der Waals surface area contributed by atoms with E-state index in [1.807, 2.05) is 13.8 Å². The minimum absolute atomic E-state index is 0.0165. The van der Waals surface area contributed by atoms with Crippen molar-refractivity contribution in [1.29, 1.82) is 0 Å². The first kappa shape index (κ1) is 16.1. The zero-order chi connectivity index (χ0) is 16.6. The highest BCUT2D eigenvalue weighted by Gasteiger charge is 2.30. The van der Waals surface area contributed by atoms with Crippen molar-refractivity contribution in [2.24, 2.45) is 0 Å². The van der Waals surface area contributed by atoms with Gasteiger partial charge in [-0.3, -0.25) is 14.0 Å². The highest BCUT2D eigenvalue weighted by Crippen LogP contribution is 2.27. The summed E-state index contributed by atoms with van der Waals surface area (Å²) in [4.78, 5) is 30.7. The molecule has 1 amide bonds. The first-order valence-corrected chi connectivity index (χ1v) is 8.71. The van der Waals surface area contributed by atoms with Crippen molar-refractivity contribution in [3.63, 3.8) is 0 Å². The largest absolute Gasteiger partial charge is 0.388 e. The average molecular weight is 335 g/mol. The number of aromatic nitrogens is 2. The van der Waals surface area contributed by atoms with E-state index in [9.17, 15) is 14.7 Å². The number of rotatable bonds is 3. The monoisotopic (exact) mass is 335 g/mol. The molecule has 0 unspecified atom stereocenters. The molecule has 0 aromatic carbocycles. The van der Waals surface area contributed by atoms with Crippen LogP contribution in [-0.4, -0.2) is 32.5 Å². The number of aliphatic hydroxyl groups is 1. The van der Waals surface area contributed by atoms with E-state index in [1.54, 1.807) is 0 Å². The van der Waals surface area contributed by atoms with Crippen LogP contribution >= 0.6 is 11.3 Å². The van der Waals surface area contributed by atoms with Gasteiger partial charge in [-0.15, -0.1) is 11.3 Å². The first-order chi connectivity index (χ1) is 10.9. The van der Waals surface area contributed by atoms with Gasteiger partial charge in [0.05, 0.1) is 5.60 Å². The van der Waals surface area contributed by atoms with Crippen molar-refractivity contribution in [2.45, 2.75) is 51.6 Å². The average Bonchev–Trinajstić information content (AvgIpc) is 2.82. The number of fused-ring (bicyclic) bond motifs is 1. The molecule has 0 atom stereocenters. The van der Waals surface area contributed by atoms with Crippen LogP contribution in [-0.2, 0) is 0 Å². The Balaban J connectivity index is 1.82. The van der Waals surface area contributed by atoms with Crippen molar-refractivity contribution >= 4 is 22.2 Å². The van der Waals surface area contributed by atoms with Crippen molar-refractivity contribution in [1.82, 2.24) is 14.7 Å². The molecule has 7 heteroatoms. The standard InChI is InChI=1S/C16H21N3O3S/c1-10-11(2)23-15-17-8-12(14(21)19(10)15)13(20)18-9-16(22)6-4-3-5-7-16/h8,22H,3-7,9H2,1-2H3,(H,18,20). The number of amides is 1. The van der Waals surface area contributed by atoms with Crippen LogP contribution < -0.4 is 10.9 Å². The summed E-state index contributed by atoms with van der Waals surface area (Å²) in [6.07, 6.45) is 5.76. The van der Waals surface area contributed by atoms with E-state index in [0.717, 1.165) is 29.8 Å². The Bertz CT molecular complexity index is 803. The van der Waals surface area contributed by atoms with E-state index < -0.39 is 11.5 Å². The van der Waals surface area contributed by atoms with Gasteiger partial charge in [0.25, 0.3) is 11.5 Å². The Morgan fingerprint density at radius 1 is 1.39 bits per heavy atom. The molecule has 0 bridgehead atoms. The number of thiazole rings is 1. The lowest BCUT2D eigenvalue weighted by Gasteiger charge is -2.32. The van der Waals surface area contributed by atoms with Crippen molar-refractivity contribution < 1.29 is 9.90 Å². The van der Waals surface area contributed by atoms with Crippen LogP contribution in [0, 0.1) is 13.8 Å². The van der Waals surface area contributed by atoms with Gasteiger partial charge in [0.1, 0.15) is 5.56 Å². The molecule has 1 aliphatic carbocycles. The maximum absolute atomic E-state index is 12.5. The van der Waals surface area contributed by atoms with Gasteiger partial charge in [-0.1, -0.05) is 19.3 Å². The maximum Gasteiger partial charge on any atom is 0.271 e. The summed E-state index contributed by atoms with van der Waals surface area (Å²) >= 11 is 1.43. The second kappa shape index (κ2) is 6.05. The van der Waals surface area contributed by atoms with Crippen LogP contribution in [0.25, 0.3) is 4.96 Å². The predicted octanol–water partition coefficient (Wildman–Crippen LogP) is 1.80. The summed E-state index contributed by atoms with van der Waals surface area (Å²) in [5.74, 6) is -0.473. The van der Waals surface area contributed by atoms with Gasteiger partial charge >= 0.3 is 0 Å². The minimum atomic E-state index is -0.851. The third-order valence-corrected chi connectivity index (χ3v) is 5.70. The zero-order valence-corrected chi connectivity index (χ0v) is 14.2. The molecule has 3 rings (SSSR count). The molecule has 2 heterocycles. The summed E-state index contributed by atoms with van der Waals surface area (Å²) in [6.45, 7) is 3.94. The number of hydrogen-bond acceptors (Lipinski definition) is 5. The lowest BCUT2D eigenvalue weighted by molar-refractivity contribution is 0.00523. The molecule has 124 valence electrons. The lowest BCUT2D eigenvalue weighted by atomic mass is 9.85. The Morgan fingerprint density at radius 2 is 2.09 bits per heavy atom. The lowest BCUT2D eigenvalue weighted by Crippen LogP contribution is -2.45. The summed E-state index contributed by atoms with van der Waals surface area (Å²) in [5.41, 5.74) is -0.382. The van der Waals surface area contributed by atoms with E-state index >= 15 is 0 Å². The molecule has 6 nitrogen and oxygen atoms in total. The number of carbonyl (C=O) groups is 1. The highest BCUT2D eigenvalue weighted by atomic mass is 32.1. The van der Waals surface area contributed by atoms with Crippen LogP contribution in [0.15, 0.2) is 11.0 Å². The van der Waals surface area contributed by atoms with Crippen LogP contribution in [0.4, 0.5) is 0 Å². The van der Waals surface area contributed by atoms with E-state index in [2.05, 4.69) is 10.3 Å². The number of nitrogens with zero attached hydrogens (tertiary/aromatic N) is 2. The summed E-state index contributed by atoms with van der Waals surface area (Å²) in [7, 11) is 0. The van der Waals surface area contributed by atoms with Gasteiger partial charge in [-0.2, -0.15) is 0 Å². The van der Waals surface area contributed by atoms with Crippen molar-refractivity contribution in [2.75, 3.05) is 6.54 Å². The van der Waals surface area contributed by atoms with Crippen LogP contribution in [0.1, 0.15) is 53.0 Å². The third-order valence-electron chi connectivity index (χ3n) is 4.63. The second-order valence-electron chi connectivity index (χ2n) is 6.31. The van der Waals surface area contributed by atoms with E-state index in [0.29, 0.717) is 17.8 Å². The Morgan fingerprint density at radius 3 is 2.78 bits per heavy atom. The SMILES string of the molecule is Cc1sc2ncc(C(=O)NCC3(O)CCCCC3)c(=O)n2c1C. The predicted molar refractivity (Wildman–Crippen MR) is 89.2 cm³/mol. The summed E-state index contributed by atoms with van der Waals surface area (Å²) in [5, 5.41) is 13.1. The Kier molecular flexibility index (Phi) is 4.25. The van der Waals surface area contributed by atoms with Crippen molar-refractivity contribution in [3.8, 4) is 0 Å². The summed E-state index contributed by atoms with van der Waals surface area (Å²) in [6, 6.07) is 0. The molecule has 0 radical (unpaired) electrons. The quantitative estimate of drug-likeness (QED) is 0.896. The molecule has 1 aliphatic rings. The Labute approximate surface area is 138 Å². The van der Waals surface area contributed by atoms with Gasteiger partial charge < -0.3 is 10.4 Å². The maximum atomic E-state index is 12.5. The smallest absolute Gasteiger partial charge is 0.271 e. The molecule has 1 saturated carbocycles. The number of aryl methyl sites for hydroxylation is 2. The van der Waals surface area contributed by atoms with Gasteiger partial charge in [0, 0.05) is 23.3 Å². The van der Waals surface area contributed by atoms with Crippen LogP contribution in [0.2, 0.25) is 0 Å². The number of nitrogens with one attached hydrogen (secondary N) is 1. The molecule has 1 fully saturated rings. The second-order valence-corrected chi connectivity index (χ2v) is 7.49. The normalized spacial score (nSPS) is 17.3. The van der Waals surface area contributed by atoms with E-state index in [4.69, 9.17) is 0 Å². The molecule has 2 aromatic heterocycles. The molecule has 0 aliphatic heterocycles. The Hall–Kier alpha value is -1.73. The van der Waals surface area contributed by atoms with Crippen molar-refractivity contribution in [3.05, 3.63) is 32.7 Å². The molecular weight excluding hydrogens is 314 g/mol. The number of carbonyl (C=O) groups excluding carboxylic acids is 1. The summed E-state index contributed by atoms with van der Waals surface area (Å²) < 4.78 is 1.48. The van der Waals surface area contributed by atoms with E-state index in [1.165, 1.54) is 21.9 Å². The molecule has 2 N–H and O–H groups in total. The van der Waals surface area contributed by atoms with Gasteiger partial charge in [-0.25, -0.2) is 4.98 Å². The zero-order valence-electron chi connectivity index (χ0n) is 13.4. The minimum Gasteiger partial charge on any atom is -0.388 e. The fourth-order valence-corrected chi connectivity index (χ4v) is 3.99. The molecule has 23 heavy (non-hydrogen) atoms. The third kappa shape index (κ3) is 3.03. The fraction of sp³-hybridized carbons (Fsp3) is 0.562. The highest BCUT2D eigenvalue weighted by molar-refractivity contribution is 7.17. The van der Waals surface area contributed by atoms with Gasteiger partial charge in [0.2, 0.25) is 0 Å². The molecule has 0 spiro atoms. The molecule has 0 saturated heterocycles.